The first-order valence-electron chi connectivity index (χ1n) is 11.7. The lowest BCUT2D eigenvalue weighted by molar-refractivity contribution is 0.444. The van der Waals surface area contributed by atoms with Crippen molar-refractivity contribution in [1.29, 1.82) is 0 Å². The molecule has 8 heteroatoms. The number of hydrogen-bond acceptors (Lipinski definition) is 5. The summed E-state index contributed by atoms with van der Waals surface area (Å²) in [6, 6.07) is 10.4. The number of piperidine rings is 2. The standard InChI is InChI=1S/C24H33ClN6S/c1-17-8-7-12-30(16-17)21-14-22(31-13-6-5-9-18(31)2)28-23(27-21)29-24(32)26-15-19-10-3-4-11-20(19)25/h3-4,10-11,14,17-18H,5-9,12-13,15-16H2,1-2H3,(H2,26,27,28,29,32)/t17-,18-/m0/s1. The van der Waals surface area contributed by atoms with Crippen molar-refractivity contribution in [3.63, 3.8) is 0 Å². The van der Waals surface area contributed by atoms with Gasteiger partial charge in [-0.3, -0.25) is 0 Å². The van der Waals surface area contributed by atoms with Crippen molar-refractivity contribution in [2.45, 2.75) is 58.5 Å². The van der Waals surface area contributed by atoms with Gasteiger partial charge < -0.3 is 20.4 Å². The Morgan fingerprint density at radius 3 is 2.69 bits per heavy atom. The van der Waals surface area contributed by atoms with Crippen LogP contribution in [0.4, 0.5) is 17.6 Å². The molecule has 2 atom stereocenters. The van der Waals surface area contributed by atoms with Crippen LogP contribution in [-0.2, 0) is 6.54 Å². The second-order valence-corrected chi connectivity index (χ2v) is 9.85. The molecule has 4 rings (SSSR count). The van der Waals surface area contributed by atoms with Gasteiger partial charge in [0.15, 0.2) is 5.11 Å². The van der Waals surface area contributed by atoms with Crippen molar-refractivity contribution < 1.29 is 0 Å². The van der Waals surface area contributed by atoms with E-state index in [4.69, 9.17) is 33.8 Å². The van der Waals surface area contributed by atoms with E-state index in [0.29, 0.717) is 29.6 Å². The second-order valence-electron chi connectivity index (χ2n) is 9.04. The third-order valence-corrected chi connectivity index (χ3v) is 7.02. The van der Waals surface area contributed by atoms with Crippen LogP contribution < -0.4 is 20.4 Å². The summed E-state index contributed by atoms with van der Waals surface area (Å²) in [6.45, 7) is 8.24. The van der Waals surface area contributed by atoms with Gasteiger partial charge >= 0.3 is 0 Å². The van der Waals surface area contributed by atoms with Gasteiger partial charge in [0.1, 0.15) is 11.6 Å². The molecule has 2 fully saturated rings. The highest BCUT2D eigenvalue weighted by atomic mass is 35.5. The average molecular weight is 473 g/mol. The summed E-state index contributed by atoms with van der Waals surface area (Å²) in [6.07, 6.45) is 6.14. The van der Waals surface area contributed by atoms with Crippen molar-refractivity contribution in [1.82, 2.24) is 15.3 Å². The number of rotatable bonds is 5. The molecule has 1 aromatic carbocycles. The van der Waals surface area contributed by atoms with Crippen LogP contribution in [0.2, 0.25) is 5.02 Å². The molecule has 2 N–H and O–H groups in total. The van der Waals surface area contributed by atoms with Gasteiger partial charge in [-0.2, -0.15) is 9.97 Å². The minimum Gasteiger partial charge on any atom is -0.358 e. The quantitative estimate of drug-likeness (QED) is 0.577. The Hall–Kier alpha value is -2.12. The Kier molecular flexibility index (Phi) is 7.68. The molecular formula is C24H33ClN6S. The summed E-state index contributed by atoms with van der Waals surface area (Å²) in [7, 11) is 0. The summed E-state index contributed by atoms with van der Waals surface area (Å²) in [4.78, 5) is 14.5. The van der Waals surface area contributed by atoms with Crippen LogP contribution >= 0.6 is 23.8 Å². The van der Waals surface area contributed by atoms with E-state index in [1.807, 2.05) is 24.3 Å². The Morgan fingerprint density at radius 1 is 1.09 bits per heavy atom. The Bertz CT molecular complexity index is 938. The van der Waals surface area contributed by atoms with Crippen LogP contribution in [0.5, 0.6) is 0 Å². The van der Waals surface area contributed by atoms with Gasteiger partial charge in [0, 0.05) is 43.3 Å². The maximum atomic E-state index is 6.27. The van der Waals surface area contributed by atoms with E-state index in [1.54, 1.807) is 0 Å². The molecule has 2 saturated heterocycles. The van der Waals surface area contributed by atoms with E-state index < -0.39 is 0 Å². The van der Waals surface area contributed by atoms with E-state index in [1.165, 1.54) is 32.1 Å². The van der Waals surface area contributed by atoms with E-state index in [-0.39, 0.29) is 0 Å². The molecule has 0 saturated carbocycles. The summed E-state index contributed by atoms with van der Waals surface area (Å²) in [5, 5.41) is 7.67. The molecule has 172 valence electrons. The van der Waals surface area contributed by atoms with Crippen LogP contribution in [-0.4, -0.2) is 40.8 Å². The fourth-order valence-electron chi connectivity index (χ4n) is 4.59. The lowest BCUT2D eigenvalue weighted by Crippen LogP contribution is -2.39. The number of aromatic nitrogens is 2. The number of hydrogen-bond donors (Lipinski definition) is 2. The fourth-order valence-corrected chi connectivity index (χ4v) is 4.95. The highest BCUT2D eigenvalue weighted by Crippen LogP contribution is 2.29. The highest BCUT2D eigenvalue weighted by Gasteiger charge is 2.24. The number of nitrogens with zero attached hydrogens (tertiary/aromatic N) is 4. The molecule has 0 aliphatic carbocycles. The summed E-state index contributed by atoms with van der Waals surface area (Å²) in [5.74, 6) is 3.18. The third kappa shape index (κ3) is 5.81. The van der Waals surface area contributed by atoms with Gasteiger partial charge in [-0.05, 0) is 68.8 Å². The molecule has 3 heterocycles. The topological polar surface area (TPSA) is 56.3 Å². The minimum atomic E-state index is 0.477. The summed E-state index contributed by atoms with van der Waals surface area (Å²) in [5.41, 5.74) is 0.998. The van der Waals surface area contributed by atoms with Crippen molar-refractivity contribution >= 4 is 46.5 Å². The molecule has 2 aliphatic rings. The first-order chi connectivity index (χ1) is 15.5. The molecule has 0 amide bonds. The zero-order valence-corrected chi connectivity index (χ0v) is 20.6. The van der Waals surface area contributed by atoms with E-state index in [0.717, 1.165) is 41.9 Å². The highest BCUT2D eigenvalue weighted by molar-refractivity contribution is 7.80. The van der Waals surface area contributed by atoms with Gasteiger partial charge in [-0.15, -0.1) is 0 Å². The molecule has 6 nitrogen and oxygen atoms in total. The molecule has 2 aromatic rings. The normalized spacial score (nSPS) is 21.3. The van der Waals surface area contributed by atoms with Crippen molar-refractivity contribution in [2.75, 3.05) is 34.8 Å². The van der Waals surface area contributed by atoms with Crippen LogP contribution in [0.15, 0.2) is 30.3 Å². The van der Waals surface area contributed by atoms with Crippen molar-refractivity contribution in [3.8, 4) is 0 Å². The zero-order valence-electron chi connectivity index (χ0n) is 19.0. The predicted molar refractivity (Wildman–Crippen MR) is 138 cm³/mol. The van der Waals surface area contributed by atoms with Crippen molar-refractivity contribution in [2.24, 2.45) is 5.92 Å². The van der Waals surface area contributed by atoms with E-state index >= 15 is 0 Å². The smallest absolute Gasteiger partial charge is 0.232 e. The van der Waals surface area contributed by atoms with Gasteiger partial charge in [0.05, 0.1) is 0 Å². The SMILES string of the molecule is C[C@H]1CCCN(c2cc(N3CCCC[C@@H]3C)nc(NC(=S)NCc3ccccc3Cl)n2)C1. The Labute approximate surface area is 201 Å². The lowest BCUT2D eigenvalue weighted by Gasteiger charge is -2.36. The van der Waals surface area contributed by atoms with E-state index in [9.17, 15) is 0 Å². The molecule has 0 spiro atoms. The minimum absolute atomic E-state index is 0.477. The van der Waals surface area contributed by atoms with Crippen LogP contribution in [0, 0.1) is 5.92 Å². The number of benzene rings is 1. The molecule has 2 aliphatic heterocycles. The second kappa shape index (κ2) is 10.7. The fraction of sp³-hybridized carbons (Fsp3) is 0.542. The first-order valence-corrected chi connectivity index (χ1v) is 12.5. The maximum absolute atomic E-state index is 6.27. The molecule has 0 unspecified atom stereocenters. The monoisotopic (exact) mass is 472 g/mol. The van der Waals surface area contributed by atoms with Crippen LogP contribution in [0.3, 0.4) is 0 Å². The Balaban J connectivity index is 1.53. The summed E-state index contributed by atoms with van der Waals surface area (Å²) >= 11 is 11.8. The van der Waals surface area contributed by atoms with Crippen molar-refractivity contribution in [3.05, 3.63) is 40.9 Å². The van der Waals surface area contributed by atoms with Gasteiger partial charge in [0.25, 0.3) is 0 Å². The molecular weight excluding hydrogens is 440 g/mol. The number of nitrogens with one attached hydrogen (secondary N) is 2. The van der Waals surface area contributed by atoms with Gasteiger partial charge in [-0.25, -0.2) is 0 Å². The molecule has 0 bridgehead atoms. The van der Waals surface area contributed by atoms with Gasteiger partial charge in [0.2, 0.25) is 5.95 Å². The van der Waals surface area contributed by atoms with E-state index in [2.05, 4.69) is 40.3 Å². The molecule has 0 radical (unpaired) electrons. The number of halogens is 1. The maximum Gasteiger partial charge on any atom is 0.232 e. The number of anilines is 3. The largest absolute Gasteiger partial charge is 0.358 e. The van der Waals surface area contributed by atoms with Crippen LogP contribution in [0.1, 0.15) is 51.5 Å². The predicted octanol–water partition coefficient (Wildman–Crippen LogP) is 5.23. The third-order valence-electron chi connectivity index (χ3n) is 6.40. The van der Waals surface area contributed by atoms with Gasteiger partial charge in [-0.1, -0.05) is 36.7 Å². The summed E-state index contributed by atoms with van der Waals surface area (Å²) < 4.78 is 0. The first kappa shape index (κ1) is 23.1. The van der Waals surface area contributed by atoms with Crippen LogP contribution in [0.25, 0.3) is 0 Å². The zero-order chi connectivity index (χ0) is 22.5. The average Bonchev–Trinajstić information content (AvgIpc) is 2.78. The lowest BCUT2D eigenvalue weighted by atomic mass is 10.0. The number of thiocarbonyl (C=S) groups is 1. The Morgan fingerprint density at radius 2 is 1.91 bits per heavy atom. The molecule has 1 aromatic heterocycles. The molecule has 32 heavy (non-hydrogen) atoms.